The van der Waals surface area contributed by atoms with Crippen LogP contribution in [0.3, 0.4) is 0 Å². The first-order valence-corrected chi connectivity index (χ1v) is 10.1. The highest BCUT2D eigenvalue weighted by Crippen LogP contribution is 2.27. The molecule has 0 bridgehead atoms. The third-order valence-electron chi connectivity index (χ3n) is 4.19. The Hall–Kier alpha value is -1.60. The average molecular weight is 365 g/mol. The van der Waals surface area contributed by atoms with E-state index in [-0.39, 0.29) is 17.9 Å². The molecule has 1 aliphatic rings. The Morgan fingerprint density at radius 3 is 2.83 bits per heavy atom. The first kappa shape index (κ1) is 17.2. The van der Waals surface area contributed by atoms with Gasteiger partial charge in [0.1, 0.15) is 10.4 Å². The second kappa shape index (κ2) is 7.53. The normalized spacial score (nSPS) is 16.0. The number of hydrogen-bond donors (Lipinski definition) is 0. The summed E-state index contributed by atoms with van der Waals surface area (Å²) in [6.45, 7) is 3.32. The van der Waals surface area contributed by atoms with E-state index >= 15 is 0 Å². The van der Waals surface area contributed by atoms with Gasteiger partial charge >= 0.3 is 0 Å². The molecule has 0 saturated carbocycles. The van der Waals surface area contributed by atoms with Crippen molar-refractivity contribution < 1.29 is 8.42 Å². The highest BCUT2D eigenvalue weighted by atomic mass is 32.2. The molecule has 0 spiro atoms. The predicted octanol–water partition coefficient (Wildman–Crippen LogP) is 1.69. The van der Waals surface area contributed by atoms with E-state index in [0.29, 0.717) is 23.3 Å². The highest BCUT2D eigenvalue weighted by molar-refractivity contribution is 7.89. The van der Waals surface area contributed by atoms with Crippen LogP contribution in [0.4, 0.5) is 0 Å². The van der Waals surface area contributed by atoms with Crippen molar-refractivity contribution in [1.29, 1.82) is 5.26 Å². The van der Waals surface area contributed by atoms with E-state index in [0.717, 1.165) is 37.5 Å². The molecule has 0 unspecified atom stereocenters. The highest BCUT2D eigenvalue weighted by Gasteiger charge is 2.27. The molecule has 1 fully saturated rings. The monoisotopic (exact) mass is 365 g/mol. The van der Waals surface area contributed by atoms with Gasteiger partial charge in [0.15, 0.2) is 0 Å². The minimum atomic E-state index is -3.68. The number of sulfonamides is 1. The minimum Gasteiger partial charge on any atom is -0.302 e. The molecule has 0 radical (unpaired) electrons. The first-order valence-electron chi connectivity index (χ1n) is 7.93. The maximum atomic E-state index is 13.1. The Morgan fingerprint density at radius 1 is 1.29 bits per heavy atom. The summed E-state index contributed by atoms with van der Waals surface area (Å²) in [4.78, 5) is 2.50. The van der Waals surface area contributed by atoms with Crippen LogP contribution in [-0.4, -0.2) is 59.9 Å². The van der Waals surface area contributed by atoms with E-state index in [1.165, 1.54) is 4.31 Å². The minimum absolute atomic E-state index is 0.177. The second-order valence-corrected chi connectivity index (χ2v) is 8.40. The molecule has 0 amide bonds. The second-order valence-electron chi connectivity index (χ2n) is 5.74. The summed E-state index contributed by atoms with van der Waals surface area (Å²) < 4.78 is 32.1. The molecule has 0 atom stereocenters. The largest absolute Gasteiger partial charge is 0.302 e. The van der Waals surface area contributed by atoms with Gasteiger partial charge in [-0.15, -0.1) is 5.10 Å². The third kappa shape index (κ3) is 3.57. The molecule has 7 nitrogen and oxygen atoms in total. The lowest BCUT2D eigenvalue weighted by molar-refractivity contribution is 0.296. The zero-order valence-electron chi connectivity index (χ0n) is 13.3. The Kier molecular flexibility index (Phi) is 5.40. The van der Waals surface area contributed by atoms with Crippen LogP contribution in [0.1, 0.15) is 19.3 Å². The quantitative estimate of drug-likeness (QED) is 0.742. The van der Waals surface area contributed by atoms with E-state index in [9.17, 15) is 8.42 Å². The van der Waals surface area contributed by atoms with Crippen molar-refractivity contribution in [3.05, 3.63) is 18.2 Å². The van der Waals surface area contributed by atoms with Crippen molar-refractivity contribution in [2.45, 2.75) is 24.2 Å². The van der Waals surface area contributed by atoms with E-state index in [1.54, 1.807) is 18.2 Å². The fourth-order valence-electron chi connectivity index (χ4n) is 2.91. The summed E-state index contributed by atoms with van der Waals surface area (Å²) in [5.41, 5.74) is 0.584. The Balaban J connectivity index is 1.86. The summed E-state index contributed by atoms with van der Waals surface area (Å²) in [7, 11) is -3.68. The van der Waals surface area contributed by atoms with Gasteiger partial charge in [-0.1, -0.05) is 10.6 Å². The van der Waals surface area contributed by atoms with Gasteiger partial charge in [-0.25, -0.2) is 8.42 Å². The maximum absolute atomic E-state index is 13.1. The molecule has 1 saturated heterocycles. The topological polar surface area (TPSA) is 90.2 Å². The van der Waals surface area contributed by atoms with Crippen LogP contribution in [0.25, 0.3) is 10.2 Å². The standard InChI is InChI=1S/C15H19N5O2S2/c16-7-4-10-20(12-11-19-8-1-2-9-19)24(21,22)14-6-3-5-13-15(14)23-18-17-13/h3,5-6H,1-2,4,8-12H2. The van der Waals surface area contributed by atoms with Crippen LogP contribution in [0, 0.1) is 11.3 Å². The zero-order chi connectivity index (χ0) is 17.0. The number of nitrogens with zero attached hydrogens (tertiary/aromatic N) is 5. The van der Waals surface area contributed by atoms with E-state index in [2.05, 4.69) is 14.5 Å². The lowest BCUT2D eigenvalue weighted by Crippen LogP contribution is -2.38. The van der Waals surface area contributed by atoms with Crippen molar-refractivity contribution in [2.24, 2.45) is 0 Å². The molecular weight excluding hydrogens is 346 g/mol. The molecule has 24 heavy (non-hydrogen) atoms. The van der Waals surface area contributed by atoms with Gasteiger partial charge in [0.2, 0.25) is 10.0 Å². The first-order chi connectivity index (χ1) is 11.6. The Bertz CT molecular complexity index is 837. The van der Waals surface area contributed by atoms with Crippen LogP contribution in [0.2, 0.25) is 0 Å². The van der Waals surface area contributed by atoms with Crippen LogP contribution in [-0.2, 0) is 10.0 Å². The van der Waals surface area contributed by atoms with Gasteiger partial charge in [0.25, 0.3) is 0 Å². The van der Waals surface area contributed by atoms with Crippen molar-refractivity contribution in [3.63, 3.8) is 0 Å². The number of nitriles is 1. The lowest BCUT2D eigenvalue weighted by atomic mass is 10.3. The van der Waals surface area contributed by atoms with Gasteiger partial charge in [-0.05, 0) is 49.6 Å². The van der Waals surface area contributed by atoms with Crippen LogP contribution < -0.4 is 0 Å². The smallest absolute Gasteiger partial charge is 0.244 e. The zero-order valence-corrected chi connectivity index (χ0v) is 14.9. The van der Waals surface area contributed by atoms with Crippen molar-refractivity contribution in [3.8, 4) is 6.07 Å². The molecule has 9 heteroatoms. The Morgan fingerprint density at radius 2 is 2.08 bits per heavy atom. The van der Waals surface area contributed by atoms with Crippen LogP contribution >= 0.6 is 11.5 Å². The summed E-state index contributed by atoms with van der Waals surface area (Å²) >= 11 is 1.08. The number of fused-ring (bicyclic) bond motifs is 1. The van der Waals surface area contributed by atoms with Gasteiger partial charge < -0.3 is 4.90 Å². The predicted molar refractivity (Wildman–Crippen MR) is 92.1 cm³/mol. The molecule has 3 rings (SSSR count). The molecule has 1 aliphatic heterocycles. The van der Waals surface area contributed by atoms with Crippen LogP contribution in [0.15, 0.2) is 23.1 Å². The summed E-state index contributed by atoms with van der Waals surface area (Å²) in [6, 6.07) is 7.06. The summed E-state index contributed by atoms with van der Waals surface area (Å²) in [5, 5.41) is 12.8. The number of benzene rings is 1. The fourth-order valence-corrected chi connectivity index (χ4v) is 5.43. The molecule has 1 aromatic carbocycles. The van der Waals surface area contributed by atoms with E-state index in [4.69, 9.17) is 5.26 Å². The van der Waals surface area contributed by atoms with Gasteiger partial charge in [0, 0.05) is 26.1 Å². The summed E-state index contributed by atoms with van der Waals surface area (Å²) in [5.74, 6) is 0. The van der Waals surface area contributed by atoms with Gasteiger partial charge in [-0.3, -0.25) is 0 Å². The maximum Gasteiger partial charge on any atom is 0.244 e. The molecule has 1 aromatic heterocycles. The van der Waals surface area contributed by atoms with Gasteiger partial charge in [0.05, 0.1) is 10.8 Å². The van der Waals surface area contributed by atoms with Crippen molar-refractivity contribution in [1.82, 2.24) is 18.8 Å². The number of aromatic nitrogens is 2. The fraction of sp³-hybridized carbons (Fsp3) is 0.533. The third-order valence-corrected chi connectivity index (χ3v) is 7.04. The molecule has 0 aliphatic carbocycles. The molecule has 128 valence electrons. The Labute approximate surface area is 145 Å². The SMILES string of the molecule is N#CCCN(CCN1CCCC1)S(=O)(=O)c1cccc2nnsc12. The van der Waals surface area contributed by atoms with E-state index < -0.39 is 10.0 Å². The van der Waals surface area contributed by atoms with Crippen molar-refractivity contribution in [2.75, 3.05) is 32.7 Å². The summed E-state index contributed by atoms with van der Waals surface area (Å²) in [6.07, 6.45) is 2.50. The number of hydrogen-bond acceptors (Lipinski definition) is 7. The lowest BCUT2D eigenvalue weighted by Gasteiger charge is -2.24. The van der Waals surface area contributed by atoms with E-state index in [1.807, 2.05) is 6.07 Å². The van der Waals surface area contributed by atoms with Crippen molar-refractivity contribution >= 4 is 31.8 Å². The number of rotatable bonds is 7. The molecule has 2 heterocycles. The molecular formula is C15H19N5O2S2. The van der Waals surface area contributed by atoms with Gasteiger partial charge in [-0.2, -0.15) is 9.57 Å². The average Bonchev–Trinajstić information content (AvgIpc) is 3.25. The molecule has 2 aromatic rings. The number of likely N-dealkylation sites (tertiary alicyclic amines) is 1. The van der Waals surface area contributed by atoms with Crippen LogP contribution in [0.5, 0.6) is 0 Å². The molecule has 0 N–H and O–H groups in total.